The van der Waals surface area contributed by atoms with Gasteiger partial charge in [0.1, 0.15) is 5.75 Å². The van der Waals surface area contributed by atoms with E-state index in [0.717, 1.165) is 34.8 Å². The third kappa shape index (κ3) is 3.94. The van der Waals surface area contributed by atoms with Crippen LogP contribution in [0.4, 0.5) is 18.3 Å². The van der Waals surface area contributed by atoms with Crippen LogP contribution in [0.25, 0.3) is 10.2 Å². The number of hydrogen-bond donors (Lipinski definition) is 2. The second-order valence-corrected chi connectivity index (χ2v) is 6.60. The number of nitrogens with zero attached hydrogens (tertiary/aromatic N) is 2. The highest BCUT2D eigenvalue weighted by molar-refractivity contribution is 7.22. The van der Waals surface area contributed by atoms with Crippen molar-refractivity contribution in [1.82, 2.24) is 10.3 Å². The fourth-order valence-corrected chi connectivity index (χ4v) is 3.67. The van der Waals surface area contributed by atoms with E-state index in [0.29, 0.717) is 23.2 Å². The van der Waals surface area contributed by atoms with Crippen molar-refractivity contribution in [2.75, 3.05) is 18.0 Å². The van der Waals surface area contributed by atoms with E-state index < -0.39 is 36.5 Å². The second kappa shape index (κ2) is 7.17. The molecule has 1 aromatic carbocycles. The van der Waals surface area contributed by atoms with Gasteiger partial charge in [-0.25, -0.2) is 9.88 Å². The average molecular weight is 388 g/mol. The molecule has 2 amide bonds. The first-order chi connectivity index (χ1) is 12.3. The summed E-state index contributed by atoms with van der Waals surface area (Å²) in [7, 11) is 0. The molecule has 140 valence electrons. The van der Waals surface area contributed by atoms with Crippen molar-refractivity contribution in [2.24, 2.45) is 5.73 Å². The van der Waals surface area contributed by atoms with Crippen LogP contribution in [0.5, 0.6) is 5.75 Å². The number of fused-ring (bicyclic) bond motifs is 1. The van der Waals surface area contributed by atoms with Gasteiger partial charge >= 0.3 is 6.36 Å². The quantitative estimate of drug-likeness (QED) is 0.829. The van der Waals surface area contributed by atoms with Crippen LogP contribution in [0.15, 0.2) is 18.2 Å². The standard InChI is InChI=1S/C15H15F3N4O3S/c16-15(17,18)25-8-3-4-9-11(6-8)26-14(21-9)22(12(23)7-19)13(24)10-2-1-5-20-10/h3-4,6,10,20H,1-2,5,7,19H2. The van der Waals surface area contributed by atoms with Gasteiger partial charge in [-0.2, -0.15) is 0 Å². The van der Waals surface area contributed by atoms with Crippen LogP contribution in [-0.2, 0) is 9.59 Å². The fraction of sp³-hybridized carbons (Fsp3) is 0.400. The number of benzene rings is 1. The number of carbonyl (C=O) groups is 2. The van der Waals surface area contributed by atoms with Gasteiger partial charge in [0.15, 0.2) is 5.13 Å². The van der Waals surface area contributed by atoms with Crippen LogP contribution < -0.4 is 20.7 Å². The number of halogens is 3. The van der Waals surface area contributed by atoms with E-state index in [4.69, 9.17) is 5.73 Å². The zero-order valence-corrected chi connectivity index (χ0v) is 14.2. The van der Waals surface area contributed by atoms with E-state index in [1.165, 1.54) is 6.07 Å². The molecule has 1 fully saturated rings. The smallest absolute Gasteiger partial charge is 0.406 e. The van der Waals surface area contributed by atoms with Gasteiger partial charge in [0.25, 0.3) is 5.91 Å². The summed E-state index contributed by atoms with van der Waals surface area (Å²) in [6.07, 6.45) is -3.42. The number of thiazole rings is 1. The number of nitrogens with two attached hydrogens (primary N) is 1. The van der Waals surface area contributed by atoms with E-state index in [-0.39, 0.29) is 5.13 Å². The van der Waals surface area contributed by atoms with Crippen molar-refractivity contribution in [3.05, 3.63) is 18.2 Å². The van der Waals surface area contributed by atoms with Crippen molar-refractivity contribution in [1.29, 1.82) is 0 Å². The zero-order valence-electron chi connectivity index (χ0n) is 13.4. The van der Waals surface area contributed by atoms with E-state index in [1.807, 2.05) is 0 Å². The van der Waals surface area contributed by atoms with Gasteiger partial charge in [0.05, 0.1) is 22.8 Å². The van der Waals surface area contributed by atoms with E-state index in [1.54, 1.807) is 0 Å². The zero-order chi connectivity index (χ0) is 18.9. The molecule has 0 radical (unpaired) electrons. The Morgan fingerprint density at radius 1 is 1.42 bits per heavy atom. The minimum absolute atomic E-state index is 0.0679. The monoisotopic (exact) mass is 388 g/mol. The number of rotatable bonds is 4. The molecule has 1 aromatic heterocycles. The maximum absolute atomic E-state index is 12.7. The summed E-state index contributed by atoms with van der Waals surface area (Å²) in [5.41, 5.74) is 5.75. The molecule has 0 spiro atoms. The average Bonchev–Trinajstić information content (AvgIpc) is 3.22. The molecule has 0 aliphatic carbocycles. The lowest BCUT2D eigenvalue weighted by Crippen LogP contribution is -2.48. The predicted molar refractivity (Wildman–Crippen MR) is 88.9 cm³/mol. The molecule has 1 unspecified atom stereocenters. The molecule has 1 aliphatic rings. The van der Waals surface area contributed by atoms with Crippen molar-refractivity contribution < 1.29 is 27.5 Å². The Morgan fingerprint density at radius 3 is 2.81 bits per heavy atom. The Kier molecular flexibility index (Phi) is 5.12. The Bertz CT molecular complexity index is 833. The maximum Gasteiger partial charge on any atom is 0.573 e. The van der Waals surface area contributed by atoms with Crippen LogP contribution in [0.2, 0.25) is 0 Å². The molecule has 26 heavy (non-hydrogen) atoms. The number of carbonyl (C=O) groups excluding carboxylic acids is 2. The van der Waals surface area contributed by atoms with E-state index >= 15 is 0 Å². The lowest BCUT2D eigenvalue weighted by molar-refractivity contribution is -0.274. The Balaban J connectivity index is 1.94. The van der Waals surface area contributed by atoms with Crippen LogP contribution in [0.3, 0.4) is 0 Å². The number of imide groups is 1. The molecule has 3 rings (SSSR count). The van der Waals surface area contributed by atoms with Crippen molar-refractivity contribution in [3.63, 3.8) is 0 Å². The summed E-state index contributed by atoms with van der Waals surface area (Å²) >= 11 is 0.919. The van der Waals surface area contributed by atoms with Crippen molar-refractivity contribution >= 4 is 38.5 Å². The minimum atomic E-state index is -4.81. The first kappa shape index (κ1) is 18.5. The molecule has 3 N–H and O–H groups in total. The molecule has 1 saturated heterocycles. The van der Waals surface area contributed by atoms with Gasteiger partial charge in [-0.05, 0) is 31.5 Å². The lowest BCUT2D eigenvalue weighted by atomic mass is 10.2. The van der Waals surface area contributed by atoms with Crippen LogP contribution in [0, 0.1) is 0 Å². The van der Waals surface area contributed by atoms with Crippen LogP contribution in [0.1, 0.15) is 12.8 Å². The number of nitrogens with one attached hydrogen (secondary N) is 1. The molecular weight excluding hydrogens is 373 g/mol. The predicted octanol–water partition coefficient (Wildman–Crippen LogP) is 1.77. The fourth-order valence-electron chi connectivity index (χ4n) is 2.65. The van der Waals surface area contributed by atoms with Gasteiger partial charge in [0.2, 0.25) is 5.91 Å². The molecule has 7 nitrogen and oxygen atoms in total. The number of ether oxygens (including phenoxy) is 1. The van der Waals surface area contributed by atoms with Gasteiger partial charge in [0, 0.05) is 6.07 Å². The highest BCUT2D eigenvalue weighted by Crippen LogP contribution is 2.33. The van der Waals surface area contributed by atoms with Gasteiger partial charge in [-0.15, -0.1) is 13.2 Å². The Morgan fingerprint density at radius 2 is 2.19 bits per heavy atom. The highest BCUT2D eigenvalue weighted by atomic mass is 32.1. The Labute approximate surface area is 149 Å². The molecule has 2 heterocycles. The summed E-state index contributed by atoms with van der Waals surface area (Å²) < 4.78 is 41.3. The normalized spacial score (nSPS) is 17.5. The summed E-state index contributed by atoms with van der Waals surface area (Å²) in [6.45, 7) is 0.274. The summed E-state index contributed by atoms with van der Waals surface area (Å²) in [4.78, 5) is 29.9. The molecule has 11 heteroatoms. The lowest BCUT2D eigenvalue weighted by Gasteiger charge is -2.20. The highest BCUT2D eigenvalue weighted by Gasteiger charge is 2.34. The Hall–Kier alpha value is -2.24. The van der Waals surface area contributed by atoms with Gasteiger partial charge in [-0.3, -0.25) is 9.59 Å². The first-order valence-electron chi connectivity index (χ1n) is 7.75. The first-order valence-corrected chi connectivity index (χ1v) is 8.57. The third-order valence-corrected chi connectivity index (χ3v) is 4.78. The van der Waals surface area contributed by atoms with Crippen molar-refractivity contribution in [3.8, 4) is 5.75 Å². The minimum Gasteiger partial charge on any atom is -0.406 e. The number of aromatic nitrogens is 1. The number of alkyl halides is 3. The molecular formula is C15H15F3N4O3S. The number of amides is 2. The molecule has 1 aliphatic heterocycles. The van der Waals surface area contributed by atoms with Crippen LogP contribution in [-0.4, -0.2) is 42.3 Å². The SMILES string of the molecule is NCC(=O)N(C(=O)C1CCCN1)c1nc2ccc(OC(F)(F)F)cc2s1. The van der Waals surface area contributed by atoms with Crippen LogP contribution >= 0.6 is 11.3 Å². The van der Waals surface area contributed by atoms with E-state index in [9.17, 15) is 22.8 Å². The van der Waals surface area contributed by atoms with Crippen molar-refractivity contribution in [2.45, 2.75) is 25.2 Å². The maximum atomic E-state index is 12.7. The molecule has 1 atom stereocenters. The molecule has 2 aromatic rings. The largest absolute Gasteiger partial charge is 0.573 e. The third-order valence-electron chi connectivity index (χ3n) is 3.78. The summed E-state index contributed by atoms with van der Waals surface area (Å²) in [5.74, 6) is -1.50. The topological polar surface area (TPSA) is 97.6 Å². The molecule has 0 saturated carbocycles. The second-order valence-electron chi connectivity index (χ2n) is 5.59. The summed E-state index contributed by atoms with van der Waals surface area (Å²) in [6, 6.07) is 3.10. The number of anilines is 1. The summed E-state index contributed by atoms with van der Waals surface area (Å²) in [5, 5.41) is 3.07. The number of hydrogen-bond acceptors (Lipinski definition) is 7. The van der Waals surface area contributed by atoms with Gasteiger partial charge < -0.3 is 15.8 Å². The van der Waals surface area contributed by atoms with Gasteiger partial charge in [-0.1, -0.05) is 11.3 Å². The van der Waals surface area contributed by atoms with E-state index in [2.05, 4.69) is 15.0 Å². The molecule has 0 bridgehead atoms.